The number of pyridine rings is 2. The van der Waals surface area contributed by atoms with E-state index in [4.69, 9.17) is 4.74 Å². The predicted octanol–water partition coefficient (Wildman–Crippen LogP) is 6.36. The maximum atomic E-state index is 13.5. The van der Waals surface area contributed by atoms with E-state index in [2.05, 4.69) is 33.9 Å². The van der Waals surface area contributed by atoms with E-state index in [9.17, 15) is 9.59 Å². The van der Waals surface area contributed by atoms with E-state index >= 15 is 0 Å². The lowest BCUT2D eigenvalue weighted by atomic mass is 10.0. The van der Waals surface area contributed by atoms with Crippen molar-refractivity contribution in [1.82, 2.24) is 9.38 Å². The van der Waals surface area contributed by atoms with Crippen LogP contribution in [0.15, 0.2) is 91.1 Å². The zero-order valence-electron chi connectivity index (χ0n) is 23.4. The van der Waals surface area contributed by atoms with Crippen LogP contribution in [0.1, 0.15) is 28.2 Å². The molecule has 8 nitrogen and oxygen atoms in total. The van der Waals surface area contributed by atoms with Gasteiger partial charge in [-0.1, -0.05) is 30.3 Å². The van der Waals surface area contributed by atoms with Crippen LogP contribution in [0.3, 0.4) is 0 Å². The van der Waals surface area contributed by atoms with Crippen LogP contribution in [0.2, 0.25) is 0 Å². The van der Waals surface area contributed by atoms with Crippen molar-refractivity contribution in [3.8, 4) is 16.9 Å². The number of ether oxygens (including phenoxy) is 1. The largest absolute Gasteiger partial charge is 0.495 e. The molecule has 208 valence electrons. The minimum absolute atomic E-state index is 0.283. The molecule has 0 aliphatic carbocycles. The van der Waals surface area contributed by atoms with Crippen LogP contribution < -0.4 is 20.7 Å². The summed E-state index contributed by atoms with van der Waals surface area (Å²) < 4.78 is 7.07. The molecule has 0 saturated carbocycles. The first-order chi connectivity index (χ1) is 19.9. The summed E-state index contributed by atoms with van der Waals surface area (Å²) in [5.74, 6) is 0.130. The highest BCUT2D eigenvalue weighted by molar-refractivity contribution is 6.47. The van der Waals surface area contributed by atoms with Gasteiger partial charge in [0.15, 0.2) is 0 Å². The van der Waals surface area contributed by atoms with E-state index in [1.165, 1.54) is 5.56 Å². The highest BCUT2D eigenvalue weighted by Gasteiger charge is 2.25. The summed E-state index contributed by atoms with van der Waals surface area (Å²) >= 11 is 0. The third-order valence-electron chi connectivity index (χ3n) is 6.71. The molecule has 3 aromatic heterocycles. The number of hydrogen-bond donors (Lipinski definition) is 3. The molecule has 0 aliphatic heterocycles. The van der Waals surface area contributed by atoms with E-state index in [-0.39, 0.29) is 5.69 Å². The molecule has 0 aliphatic rings. The molecule has 0 unspecified atom stereocenters. The van der Waals surface area contributed by atoms with Gasteiger partial charge in [0, 0.05) is 41.2 Å². The smallest absolute Gasteiger partial charge is 0.298 e. The molecule has 8 heteroatoms. The number of Topliss-reactive ketones (excluding diaryl/α,β-unsaturated/α-hetero) is 1. The van der Waals surface area contributed by atoms with Crippen molar-refractivity contribution >= 4 is 34.4 Å². The van der Waals surface area contributed by atoms with Crippen LogP contribution in [-0.4, -0.2) is 41.3 Å². The fourth-order valence-electron chi connectivity index (χ4n) is 4.78. The maximum Gasteiger partial charge on any atom is 0.298 e. The summed E-state index contributed by atoms with van der Waals surface area (Å²) in [6.45, 7) is 5.62. The number of aryl methyl sites for hydroxylation is 2. The number of aromatic nitrogens is 2. The Morgan fingerprint density at radius 2 is 1.59 bits per heavy atom. The Bertz CT molecular complexity index is 1660. The standard InChI is InChI=1S/C33H33N5O3/c1-22-18-23(2)36-30(19-22)35-17-7-16-34-25-10-12-26(13-11-25)37-33(40)32(39)31-29(24-8-5-4-6-9-24)20-27-14-15-28(41-3)21-38(27)31/h4-6,8-15,18-21,34H,7,16-17H2,1-3H3,(H,35,36)(H,37,40). The lowest BCUT2D eigenvalue weighted by molar-refractivity contribution is -0.112. The second kappa shape index (κ2) is 12.4. The SMILES string of the molecule is COc1ccc2cc(-c3ccccc3)c(C(=O)C(=O)Nc3ccc(NCCCNc4cc(C)cc(C)n4)cc3)n2c1. The molecular weight excluding hydrogens is 514 g/mol. The average molecular weight is 548 g/mol. The normalized spacial score (nSPS) is 10.8. The maximum absolute atomic E-state index is 13.5. The quantitative estimate of drug-likeness (QED) is 0.101. The number of nitrogens with one attached hydrogen (secondary N) is 3. The van der Waals surface area contributed by atoms with Crippen LogP contribution in [0.5, 0.6) is 5.75 Å². The van der Waals surface area contributed by atoms with Gasteiger partial charge in [-0.15, -0.1) is 0 Å². The van der Waals surface area contributed by atoms with Crippen molar-refractivity contribution in [1.29, 1.82) is 0 Å². The highest BCUT2D eigenvalue weighted by atomic mass is 16.5. The average Bonchev–Trinajstić information content (AvgIpc) is 3.36. The topological polar surface area (TPSA) is 96.8 Å². The van der Waals surface area contributed by atoms with E-state index < -0.39 is 11.7 Å². The summed E-state index contributed by atoms with van der Waals surface area (Å²) in [6, 6.07) is 26.6. The number of fused-ring (bicyclic) bond motifs is 1. The van der Waals surface area contributed by atoms with E-state index in [0.29, 0.717) is 17.0 Å². The molecule has 0 bridgehead atoms. The molecule has 0 saturated heterocycles. The fraction of sp³-hybridized carbons (Fsp3) is 0.182. The van der Waals surface area contributed by atoms with Crippen molar-refractivity contribution in [2.45, 2.75) is 20.3 Å². The lowest BCUT2D eigenvalue weighted by Crippen LogP contribution is -2.24. The summed E-state index contributed by atoms with van der Waals surface area (Å²) in [5, 5.41) is 9.49. The van der Waals surface area contributed by atoms with Crippen molar-refractivity contribution < 1.29 is 14.3 Å². The first-order valence-corrected chi connectivity index (χ1v) is 13.5. The monoisotopic (exact) mass is 547 g/mol. The Hall–Kier alpha value is -5.11. The van der Waals surface area contributed by atoms with E-state index in [1.54, 1.807) is 29.8 Å². The van der Waals surface area contributed by atoms with Crippen LogP contribution in [-0.2, 0) is 4.79 Å². The number of nitrogens with zero attached hydrogens (tertiary/aromatic N) is 2. The van der Waals surface area contributed by atoms with Gasteiger partial charge in [0.1, 0.15) is 17.3 Å². The van der Waals surface area contributed by atoms with Gasteiger partial charge in [-0.25, -0.2) is 4.98 Å². The molecule has 0 radical (unpaired) electrons. The Labute approximate surface area is 239 Å². The third kappa shape index (κ3) is 6.55. The van der Waals surface area contributed by atoms with Gasteiger partial charge in [-0.2, -0.15) is 0 Å². The van der Waals surface area contributed by atoms with Gasteiger partial charge in [0.2, 0.25) is 0 Å². The molecule has 41 heavy (non-hydrogen) atoms. The Morgan fingerprint density at radius 3 is 2.32 bits per heavy atom. The summed E-state index contributed by atoms with van der Waals surface area (Å²) in [5.41, 5.74) is 6.25. The Balaban J connectivity index is 1.22. The van der Waals surface area contributed by atoms with Gasteiger partial charge >= 0.3 is 0 Å². The molecular formula is C33H33N5O3. The van der Waals surface area contributed by atoms with Crippen molar-refractivity contribution in [2.24, 2.45) is 0 Å². The first-order valence-electron chi connectivity index (χ1n) is 13.5. The van der Waals surface area contributed by atoms with Gasteiger partial charge in [0.05, 0.1) is 13.3 Å². The first kappa shape index (κ1) is 27.5. The number of rotatable bonds is 11. The van der Waals surface area contributed by atoms with Crippen LogP contribution in [0.25, 0.3) is 16.6 Å². The number of benzene rings is 2. The summed E-state index contributed by atoms with van der Waals surface area (Å²) in [7, 11) is 1.57. The van der Waals surface area contributed by atoms with Gasteiger partial charge in [-0.05, 0) is 86.0 Å². The molecule has 3 N–H and O–H groups in total. The van der Waals surface area contributed by atoms with Gasteiger partial charge in [0.25, 0.3) is 11.7 Å². The number of anilines is 3. The zero-order valence-corrected chi connectivity index (χ0v) is 23.4. The van der Waals surface area contributed by atoms with Crippen LogP contribution in [0, 0.1) is 13.8 Å². The second-order valence-corrected chi connectivity index (χ2v) is 9.88. The minimum atomic E-state index is -0.711. The van der Waals surface area contributed by atoms with Crippen molar-refractivity contribution in [3.05, 3.63) is 108 Å². The number of methoxy groups -OCH3 is 1. The number of hydrogen-bond acceptors (Lipinski definition) is 6. The van der Waals surface area contributed by atoms with Crippen molar-refractivity contribution in [2.75, 3.05) is 36.1 Å². The minimum Gasteiger partial charge on any atom is -0.495 e. The number of carbonyl (C=O) groups excluding carboxylic acids is 2. The fourth-order valence-corrected chi connectivity index (χ4v) is 4.78. The second-order valence-electron chi connectivity index (χ2n) is 9.88. The molecule has 5 aromatic rings. The molecule has 0 fully saturated rings. The molecule has 2 aromatic carbocycles. The van der Waals surface area contributed by atoms with E-state index in [1.807, 2.05) is 73.7 Å². The molecule has 5 rings (SSSR count). The highest BCUT2D eigenvalue weighted by Crippen LogP contribution is 2.30. The van der Waals surface area contributed by atoms with Crippen LogP contribution in [0.4, 0.5) is 17.2 Å². The number of carbonyl (C=O) groups is 2. The molecule has 1 amide bonds. The van der Waals surface area contributed by atoms with Crippen LogP contribution >= 0.6 is 0 Å². The summed E-state index contributed by atoms with van der Waals surface area (Å²) in [6.07, 6.45) is 2.62. The van der Waals surface area contributed by atoms with E-state index in [0.717, 1.165) is 47.8 Å². The Morgan fingerprint density at radius 1 is 0.854 bits per heavy atom. The predicted molar refractivity (Wildman–Crippen MR) is 164 cm³/mol. The molecule has 3 heterocycles. The van der Waals surface area contributed by atoms with Gasteiger partial charge in [-0.3, -0.25) is 9.59 Å². The van der Waals surface area contributed by atoms with Crippen molar-refractivity contribution in [3.63, 3.8) is 0 Å². The molecule has 0 atom stereocenters. The lowest BCUT2D eigenvalue weighted by Gasteiger charge is -2.11. The molecule has 0 spiro atoms. The zero-order chi connectivity index (χ0) is 28.8. The number of amides is 1. The van der Waals surface area contributed by atoms with Gasteiger partial charge < -0.3 is 25.1 Å². The number of ketones is 1. The Kier molecular flexibility index (Phi) is 8.29. The summed E-state index contributed by atoms with van der Waals surface area (Å²) in [4.78, 5) is 31.2. The third-order valence-corrected chi connectivity index (χ3v) is 6.71.